The molecule has 1 aromatic rings. The fourth-order valence-electron chi connectivity index (χ4n) is 2.72. The van der Waals surface area contributed by atoms with E-state index in [9.17, 15) is 4.79 Å². The molecule has 0 spiro atoms. The van der Waals surface area contributed by atoms with Gasteiger partial charge in [0.2, 0.25) is 11.8 Å². The number of nitrogens with zero attached hydrogens (tertiary/aromatic N) is 3. The highest BCUT2D eigenvalue weighted by atomic mass is 16.5. The first-order valence-corrected chi connectivity index (χ1v) is 7.23. The summed E-state index contributed by atoms with van der Waals surface area (Å²) in [6.45, 7) is 2.59. The molecule has 19 heavy (non-hydrogen) atoms. The van der Waals surface area contributed by atoms with Crippen LogP contribution in [-0.4, -0.2) is 28.0 Å². The smallest absolute Gasteiger partial charge is 0.229 e. The highest BCUT2D eigenvalue weighted by Gasteiger charge is 2.50. The molecule has 0 bridgehead atoms. The van der Waals surface area contributed by atoms with Crippen LogP contribution in [0.25, 0.3) is 0 Å². The largest absolute Gasteiger partial charge is 0.339 e. The van der Waals surface area contributed by atoms with Gasteiger partial charge in [0.15, 0.2) is 5.82 Å². The maximum Gasteiger partial charge on any atom is 0.229 e. The molecule has 0 unspecified atom stereocenters. The zero-order valence-electron chi connectivity index (χ0n) is 11.7. The van der Waals surface area contributed by atoms with Crippen molar-refractivity contribution in [1.82, 2.24) is 15.0 Å². The van der Waals surface area contributed by atoms with Gasteiger partial charge in [0.25, 0.3) is 0 Å². The van der Waals surface area contributed by atoms with Crippen molar-refractivity contribution < 1.29 is 9.32 Å². The second-order valence-corrected chi connectivity index (χ2v) is 6.01. The molecule has 0 aliphatic heterocycles. The first-order chi connectivity index (χ1) is 9.14. The number of rotatable bonds is 6. The van der Waals surface area contributed by atoms with Gasteiger partial charge in [-0.2, -0.15) is 4.98 Å². The second kappa shape index (κ2) is 4.62. The molecule has 5 nitrogen and oxygen atoms in total. The van der Waals surface area contributed by atoms with Crippen LogP contribution in [0.15, 0.2) is 4.52 Å². The van der Waals surface area contributed by atoms with Crippen LogP contribution < -0.4 is 0 Å². The Morgan fingerprint density at radius 3 is 2.79 bits per heavy atom. The molecule has 2 aliphatic carbocycles. The Kier molecular flexibility index (Phi) is 3.07. The van der Waals surface area contributed by atoms with Crippen LogP contribution in [0, 0.1) is 5.41 Å². The van der Waals surface area contributed by atoms with Gasteiger partial charge in [-0.3, -0.25) is 4.79 Å². The highest BCUT2D eigenvalue weighted by molar-refractivity contribution is 5.85. The van der Waals surface area contributed by atoms with Crippen molar-refractivity contribution in [2.75, 3.05) is 7.05 Å². The molecule has 2 saturated carbocycles. The van der Waals surface area contributed by atoms with Gasteiger partial charge >= 0.3 is 0 Å². The van der Waals surface area contributed by atoms with E-state index >= 15 is 0 Å². The number of hydrogen-bond donors (Lipinski definition) is 0. The molecule has 0 N–H and O–H groups in total. The van der Waals surface area contributed by atoms with Crippen LogP contribution in [0.4, 0.5) is 0 Å². The molecule has 0 saturated heterocycles. The van der Waals surface area contributed by atoms with Crippen molar-refractivity contribution in [3.8, 4) is 0 Å². The zero-order valence-corrected chi connectivity index (χ0v) is 11.7. The van der Waals surface area contributed by atoms with Crippen LogP contribution in [0.1, 0.15) is 63.1 Å². The Balaban J connectivity index is 1.60. The van der Waals surface area contributed by atoms with E-state index in [2.05, 4.69) is 17.1 Å². The van der Waals surface area contributed by atoms with E-state index in [-0.39, 0.29) is 11.3 Å². The van der Waals surface area contributed by atoms with Crippen LogP contribution in [-0.2, 0) is 11.3 Å². The predicted molar refractivity (Wildman–Crippen MR) is 69.3 cm³/mol. The lowest BCUT2D eigenvalue weighted by Gasteiger charge is -2.21. The average Bonchev–Trinajstić information content (AvgIpc) is 3.31. The molecular formula is C14H21N3O2. The van der Waals surface area contributed by atoms with E-state index in [1.165, 1.54) is 0 Å². The van der Waals surface area contributed by atoms with Crippen molar-refractivity contribution in [3.63, 3.8) is 0 Å². The Bertz CT molecular complexity index is 475. The molecule has 1 heterocycles. The molecule has 3 rings (SSSR count). The lowest BCUT2D eigenvalue weighted by Crippen LogP contribution is -2.34. The van der Waals surface area contributed by atoms with Crippen molar-refractivity contribution in [1.29, 1.82) is 0 Å². The maximum absolute atomic E-state index is 12.4. The summed E-state index contributed by atoms with van der Waals surface area (Å²) >= 11 is 0. The van der Waals surface area contributed by atoms with Crippen molar-refractivity contribution in [2.45, 2.75) is 57.9 Å². The minimum absolute atomic E-state index is 0.0768. The molecule has 2 aliphatic rings. The summed E-state index contributed by atoms with van der Waals surface area (Å²) in [5.74, 6) is 2.08. The Labute approximate surface area is 113 Å². The van der Waals surface area contributed by atoms with E-state index in [4.69, 9.17) is 4.52 Å². The molecule has 5 heteroatoms. The van der Waals surface area contributed by atoms with Crippen molar-refractivity contribution in [2.24, 2.45) is 5.41 Å². The third-order valence-corrected chi connectivity index (χ3v) is 4.17. The van der Waals surface area contributed by atoms with Crippen LogP contribution in [0.2, 0.25) is 0 Å². The summed E-state index contributed by atoms with van der Waals surface area (Å²) in [4.78, 5) is 18.5. The van der Waals surface area contributed by atoms with Gasteiger partial charge in [0, 0.05) is 18.4 Å². The number of carbonyl (C=O) groups excluding carboxylic acids is 1. The van der Waals surface area contributed by atoms with E-state index in [0.717, 1.165) is 44.4 Å². The minimum atomic E-state index is -0.0768. The lowest BCUT2D eigenvalue weighted by molar-refractivity contribution is -0.136. The van der Waals surface area contributed by atoms with Crippen LogP contribution in [0.5, 0.6) is 0 Å². The number of amides is 1. The molecule has 0 aromatic carbocycles. The number of carbonyl (C=O) groups is 1. The third kappa shape index (κ3) is 2.51. The first-order valence-electron chi connectivity index (χ1n) is 7.23. The number of hydrogen-bond acceptors (Lipinski definition) is 4. The van der Waals surface area contributed by atoms with Gasteiger partial charge < -0.3 is 9.42 Å². The Morgan fingerprint density at radius 2 is 2.21 bits per heavy atom. The first kappa shape index (κ1) is 12.6. The van der Waals surface area contributed by atoms with Crippen LogP contribution in [0.3, 0.4) is 0 Å². The number of aromatic nitrogens is 2. The predicted octanol–water partition coefficient (Wildman–Crippen LogP) is 2.49. The molecule has 0 atom stereocenters. The molecule has 1 aromatic heterocycles. The quantitative estimate of drug-likeness (QED) is 0.791. The van der Waals surface area contributed by atoms with Gasteiger partial charge in [0.1, 0.15) is 0 Å². The van der Waals surface area contributed by atoms with Gasteiger partial charge in [-0.05, 0) is 32.1 Å². The fraction of sp³-hybridized carbons (Fsp3) is 0.786. The van der Waals surface area contributed by atoms with Gasteiger partial charge in [-0.15, -0.1) is 0 Å². The van der Waals surface area contributed by atoms with E-state index < -0.39 is 0 Å². The molecule has 0 radical (unpaired) electrons. The SMILES string of the molecule is CCCC1(C(=O)N(C)Cc2noc(C3CC3)n2)CC1. The normalized spacial score (nSPS) is 20.3. The summed E-state index contributed by atoms with van der Waals surface area (Å²) in [7, 11) is 1.84. The van der Waals surface area contributed by atoms with Crippen molar-refractivity contribution in [3.05, 3.63) is 11.7 Å². The monoisotopic (exact) mass is 263 g/mol. The zero-order chi connectivity index (χ0) is 13.5. The fourth-order valence-corrected chi connectivity index (χ4v) is 2.72. The summed E-state index contributed by atoms with van der Waals surface area (Å²) in [5.41, 5.74) is -0.0768. The summed E-state index contributed by atoms with van der Waals surface area (Å²) in [5, 5.41) is 3.97. The Morgan fingerprint density at radius 1 is 1.47 bits per heavy atom. The Hall–Kier alpha value is -1.39. The highest BCUT2D eigenvalue weighted by Crippen LogP contribution is 2.51. The second-order valence-electron chi connectivity index (χ2n) is 6.01. The van der Waals surface area contributed by atoms with Crippen molar-refractivity contribution >= 4 is 5.91 Å². The lowest BCUT2D eigenvalue weighted by atomic mass is 9.99. The average molecular weight is 263 g/mol. The molecule has 2 fully saturated rings. The standard InChI is InChI=1S/C14H21N3O2/c1-3-6-14(7-8-14)13(18)17(2)9-11-15-12(19-16-11)10-4-5-10/h10H,3-9H2,1-2H3. The van der Waals surface area contributed by atoms with E-state index in [1.807, 2.05) is 7.05 Å². The minimum Gasteiger partial charge on any atom is -0.339 e. The van der Waals surface area contributed by atoms with Gasteiger partial charge in [0.05, 0.1) is 6.54 Å². The van der Waals surface area contributed by atoms with Crippen LogP contribution >= 0.6 is 0 Å². The maximum atomic E-state index is 12.4. The van der Waals surface area contributed by atoms with Gasteiger partial charge in [-0.25, -0.2) is 0 Å². The van der Waals surface area contributed by atoms with Gasteiger partial charge in [-0.1, -0.05) is 18.5 Å². The van der Waals surface area contributed by atoms with E-state index in [0.29, 0.717) is 18.3 Å². The molecular weight excluding hydrogens is 242 g/mol. The third-order valence-electron chi connectivity index (χ3n) is 4.17. The summed E-state index contributed by atoms with van der Waals surface area (Å²) in [6.07, 6.45) is 6.42. The molecule has 104 valence electrons. The molecule has 1 amide bonds. The summed E-state index contributed by atoms with van der Waals surface area (Å²) in [6, 6.07) is 0. The topological polar surface area (TPSA) is 59.2 Å². The summed E-state index contributed by atoms with van der Waals surface area (Å²) < 4.78 is 5.22. The van der Waals surface area contributed by atoms with E-state index in [1.54, 1.807) is 4.90 Å².